The van der Waals surface area contributed by atoms with Crippen molar-refractivity contribution in [1.29, 1.82) is 0 Å². The highest BCUT2D eigenvalue weighted by atomic mass is 31.2. The van der Waals surface area contributed by atoms with Crippen molar-refractivity contribution in [3.8, 4) is 0 Å². The molecule has 1 aromatic carbocycles. The number of H-pyrrole nitrogens is 1. The molecule has 0 bridgehead atoms. The topological polar surface area (TPSA) is 86.2 Å². The van der Waals surface area contributed by atoms with Crippen molar-refractivity contribution in [3.63, 3.8) is 0 Å². The van der Waals surface area contributed by atoms with Gasteiger partial charge in [-0.2, -0.15) is 0 Å². The Balaban J connectivity index is 2.50. The van der Waals surface area contributed by atoms with Gasteiger partial charge in [-0.25, -0.2) is 4.98 Å². The van der Waals surface area contributed by atoms with Gasteiger partial charge in [-0.1, -0.05) is 12.1 Å². The summed E-state index contributed by atoms with van der Waals surface area (Å²) < 4.78 is 11.0. The Labute approximate surface area is 86.3 Å². The van der Waals surface area contributed by atoms with Gasteiger partial charge in [-0.05, 0) is 19.1 Å². The number of hydrogen-bond acceptors (Lipinski definition) is 2. The van der Waals surface area contributed by atoms with Crippen LogP contribution in [0.3, 0.4) is 0 Å². The van der Waals surface area contributed by atoms with Gasteiger partial charge in [0.1, 0.15) is 11.5 Å². The zero-order chi connectivity index (χ0) is 11.1. The number of para-hydroxylation sites is 2. The van der Waals surface area contributed by atoms with E-state index in [-0.39, 0.29) is 5.82 Å². The quantitative estimate of drug-likeness (QED) is 0.678. The third kappa shape index (κ3) is 1.95. The lowest BCUT2D eigenvalue weighted by molar-refractivity contribution is 0.364. The van der Waals surface area contributed by atoms with Crippen molar-refractivity contribution in [2.75, 3.05) is 0 Å². The first-order valence-electron chi connectivity index (χ1n) is 4.31. The van der Waals surface area contributed by atoms with Crippen LogP contribution in [-0.2, 0) is 4.57 Å². The van der Waals surface area contributed by atoms with E-state index in [4.69, 9.17) is 9.79 Å². The van der Waals surface area contributed by atoms with Gasteiger partial charge >= 0.3 is 7.60 Å². The summed E-state index contributed by atoms with van der Waals surface area (Å²) in [4.78, 5) is 24.8. The van der Waals surface area contributed by atoms with E-state index in [1.807, 2.05) is 12.1 Å². The molecule has 0 saturated heterocycles. The molecule has 3 N–H and O–H groups in total. The van der Waals surface area contributed by atoms with Crippen molar-refractivity contribution in [3.05, 3.63) is 37.0 Å². The maximum absolute atomic E-state index is 11.0. The Morgan fingerprint density at radius 2 is 2.07 bits per heavy atom. The van der Waals surface area contributed by atoms with Crippen LogP contribution in [0.1, 0.15) is 11.5 Å². The van der Waals surface area contributed by atoms with Crippen LogP contribution in [0.15, 0.2) is 24.3 Å². The number of hydrogen-bond donors (Lipinski definition) is 3. The molecule has 5 nitrogen and oxygen atoms in total. The number of nitrogens with one attached hydrogen (secondary N) is 1. The second kappa shape index (κ2) is 3.45. The first-order valence-corrected chi connectivity index (χ1v) is 5.99. The first-order chi connectivity index (χ1) is 6.98. The molecule has 79 valence electrons. The highest BCUT2D eigenvalue weighted by molar-refractivity contribution is 7.52. The number of imidazole rings is 1. The minimum Gasteiger partial charge on any atom is -0.341 e. The van der Waals surface area contributed by atoms with Gasteiger partial charge in [0, 0.05) is 0 Å². The molecule has 0 saturated carbocycles. The van der Waals surface area contributed by atoms with E-state index in [1.165, 1.54) is 0 Å². The molecular weight excluding hydrogens is 215 g/mol. The lowest BCUT2D eigenvalue weighted by Crippen LogP contribution is -1.97. The van der Waals surface area contributed by atoms with Gasteiger partial charge in [0.05, 0.1) is 11.0 Å². The molecule has 1 aromatic heterocycles. The predicted molar refractivity (Wildman–Crippen MR) is 56.2 cm³/mol. The Morgan fingerprint density at radius 3 is 2.67 bits per heavy atom. The number of aromatic amines is 1. The zero-order valence-electron chi connectivity index (χ0n) is 7.79. The van der Waals surface area contributed by atoms with Crippen LogP contribution in [-0.4, -0.2) is 19.8 Å². The Hall–Kier alpha value is -1.16. The molecule has 1 unspecified atom stereocenters. The average Bonchev–Trinajstić information content (AvgIpc) is 2.58. The fourth-order valence-corrected chi connectivity index (χ4v) is 1.73. The van der Waals surface area contributed by atoms with Gasteiger partial charge in [0.15, 0.2) is 0 Å². The van der Waals surface area contributed by atoms with Crippen LogP contribution in [0, 0.1) is 6.92 Å². The van der Waals surface area contributed by atoms with Crippen molar-refractivity contribution in [2.24, 2.45) is 0 Å². The van der Waals surface area contributed by atoms with Crippen molar-refractivity contribution >= 4 is 18.6 Å². The molecule has 0 aliphatic heterocycles. The van der Waals surface area contributed by atoms with E-state index in [0.717, 1.165) is 5.52 Å². The lowest BCUT2D eigenvalue weighted by Gasteiger charge is -2.09. The van der Waals surface area contributed by atoms with Gasteiger partial charge in [0.2, 0.25) is 0 Å². The summed E-state index contributed by atoms with van der Waals surface area (Å²) >= 11 is 0. The summed E-state index contributed by atoms with van der Waals surface area (Å²) in [5, 5.41) is 0. The SMILES string of the molecule is [CH2]C(c1nc2ccccc2[nH]1)P(=O)(O)O. The summed E-state index contributed by atoms with van der Waals surface area (Å²) in [5.41, 5.74) is 0.272. The average molecular weight is 225 g/mol. The second-order valence-corrected chi connectivity index (χ2v) is 5.05. The van der Waals surface area contributed by atoms with E-state index < -0.39 is 13.3 Å². The third-order valence-corrected chi connectivity index (χ3v) is 3.19. The smallest absolute Gasteiger partial charge is 0.336 e. The highest BCUT2D eigenvalue weighted by Crippen LogP contribution is 2.50. The Morgan fingerprint density at radius 1 is 1.40 bits per heavy atom. The van der Waals surface area contributed by atoms with Crippen LogP contribution < -0.4 is 0 Å². The fraction of sp³-hybridized carbons (Fsp3) is 0.111. The molecule has 0 spiro atoms. The summed E-state index contributed by atoms with van der Waals surface area (Å²) in [7, 11) is -4.24. The van der Waals surface area contributed by atoms with Gasteiger partial charge < -0.3 is 14.8 Å². The van der Waals surface area contributed by atoms with Gasteiger partial charge in [-0.15, -0.1) is 0 Å². The van der Waals surface area contributed by atoms with E-state index in [9.17, 15) is 4.57 Å². The van der Waals surface area contributed by atoms with E-state index in [0.29, 0.717) is 5.52 Å². The largest absolute Gasteiger partial charge is 0.341 e. The molecule has 1 atom stereocenters. The molecule has 0 amide bonds. The van der Waals surface area contributed by atoms with Crippen molar-refractivity contribution in [2.45, 2.75) is 5.66 Å². The fourth-order valence-electron chi connectivity index (χ4n) is 1.29. The van der Waals surface area contributed by atoms with Crippen LogP contribution in [0.25, 0.3) is 11.0 Å². The number of aromatic nitrogens is 2. The number of benzene rings is 1. The maximum Gasteiger partial charge on any atom is 0.336 e. The normalized spacial score (nSPS) is 14.3. The molecule has 1 heterocycles. The molecule has 6 heteroatoms. The van der Waals surface area contributed by atoms with Gasteiger partial charge in [-0.3, -0.25) is 4.57 Å². The van der Waals surface area contributed by atoms with Crippen LogP contribution in [0.5, 0.6) is 0 Å². The first kappa shape index (κ1) is 10.4. The Bertz CT molecular complexity index is 498. The summed E-state index contributed by atoms with van der Waals surface area (Å²) in [5.74, 6) is 0.213. The maximum atomic E-state index is 11.0. The summed E-state index contributed by atoms with van der Waals surface area (Å²) in [6.45, 7) is 3.42. The predicted octanol–water partition coefficient (Wildman–Crippen LogP) is 1.62. The highest BCUT2D eigenvalue weighted by Gasteiger charge is 2.28. The zero-order valence-corrected chi connectivity index (χ0v) is 8.69. The van der Waals surface area contributed by atoms with E-state index in [1.54, 1.807) is 12.1 Å². The standard InChI is InChI=1S/C9H10N2O3P/c1-6(15(12,13)14)9-10-7-4-2-3-5-8(7)11-9/h2-6H,1H2,(H,10,11)(H2,12,13,14). The minimum atomic E-state index is -4.24. The second-order valence-electron chi connectivity index (χ2n) is 3.24. The van der Waals surface area contributed by atoms with Crippen LogP contribution in [0.4, 0.5) is 0 Å². The minimum absolute atomic E-state index is 0.213. The lowest BCUT2D eigenvalue weighted by atomic mass is 10.3. The Kier molecular flexibility index (Phi) is 2.38. The molecule has 0 aliphatic carbocycles. The number of fused-ring (bicyclic) bond motifs is 1. The van der Waals surface area contributed by atoms with E-state index in [2.05, 4.69) is 16.9 Å². The molecule has 2 rings (SSSR count). The van der Waals surface area contributed by atoms with Crippen molar-refractivity contribution < 1.29 is 14.4 Å². The molecule has 0 aliphatic rings. The monoisotopic (exact) mass is 225 g/mol. The molecular formula is C9H10N2O3P. The molecule has 1 radical (unpaired) electrons. The molecule has 0 fully saturated rings. The third-order valence-electron chi connectivity index (χ3n) is 2.13. The number of nitrogens with zero attached hydrogens (tertiary/aromatic N) is 1. The van der Waals surface area contributed by atoms with Gasteiger partial charge in [0.25, 0.3) is 0 Å². The summed E-state index contributed by atoms with van der Waals surface area (Å²) in [6, 6.07) is 7.18. The summed E-state index contributed by atoms with van der Waals surface area (Å²) in [6.07, 6.45) is 0. The van der Waals surface area contributed by atoms with Crippen LogP contribution in [0.2, 0.25) is 0 Å². The molecule has 2 aromatic rings. The molecule has 15 heavy (non-hydrogen) atoms. The number of rotatable bonds is 2. The van der Waals surface area contributed by atoms with E-state index >= 15 is 0 Å². The van der Waals surface area contributed by atoms with Crippen molar-refractivity contribution in [1.82, 2.24) is 9.97 Å². The van der Waals surface area contributed by atoms with Crippen LogP contribution >= 0.6 is 7.60 Å².